The number of carboxylic acids is 1. The summed E-state index contributed by atoms with van der Waals surface area (Å²) in [7, 11) is -4.23. The van der Waals surface area contributed by atoms with Crippen LogP contribution in [-0.2, 0) is 19.6 Å². The lowest BCUT2D eigenvalue weighted by Crippen LogP contribution is -2.55. The number of hydrogen-bond donors (Lipinski definition) is 2. The van der Waals surface area contributed by atoms with Crippen LogP contribution in [0.5, 0.6) is 0 Å². The molecule has 1 aromatic carbocycles. The number of aliphatic carboxylic acids is 1. The van der Waals surface area contributed by atoms with E-state index in [-0.39, 0.29) is 24.7 Å². The van der Waals surface area contributed by atoms with Crippen molar-refractivity contribution in [2.24, 2.45) is 0 Å². The van der Waals surface area contributed by atoms with Gasteiger partial charge in [0.15, 0.2) is 5.54 Å². The molecule has 110 valence electrons. The fraction of sp³-hybridized carbons (Fsp3) is 0.364. The van der Waals surface area contributed by atoms with E-state index in [2.05, 4.69) is 4.72 Å². The number of sulfonamides is 1. The zero-order valence-electron chi connectivity index (χ0n) is 10.1. The first-order chi connectivity index (χ1) is 9.25. The highest BCUT2D eigenvalue weighted by Crippen LogP contribution is 2.24. The van der Waals surface area contributed by atoms with Crippen molar-refractivity contribution in [3.63, 3.8) is 0 Å². The van der Waals surface area contributed by atoms with Crippen molar-refractivity contribution < 1.29 is 27.4 Å². The van der Waals surface area contributed by atoms with Gasteiger partial charge in [-0.1, -0.05) is 11.6 Å². The van der Waals surface area contributed by atoms with Gasteiger partial charge in [0, 0.05) is 18.1 Å². The van der Waals surface area contributed by atoms with Gasteiger partial charge in [0.25, 0.3) is 0 Å². The molecule has 2 rings (SSSR count). The van der Waals surface area contributed by atoms with Gasteiger partial charge >= 0.3 is 5.97 Å². The molecule has 0 spiro atoms. The minimum atomic E-state index is -4.23. The Hall–Kier alpha value is -1.22. The number of nitrogens with one attached hydrogen (secondary N) is 1. The van der Waals surface area contributed by atoms with Crippen molar-refractivity contribution in [3.8, 4) is 0 Å². The molecule has 1 aliphatic rings. The third kappa shape index (κ3) is 2.93. The van der Waals surface area contributed by atoms with E-state index >= 15 is 0 Å². The summed E-state index contributed by atoms with van der Waals surface area (Å²) < 4.78 is 44.5. The molecule has 0 saturated carbocycles. The summed E-state index contributed by atoms with van der Waals surface area (Å²) in [6, 6.07) is 2.75. The summed E-state index contributed by atoms with van der Waals surface area (Å²) in [5.74, 6) is -2.18. The van der Waals surface area contributed by atoms with Gasteiger partial charge in [0.2, 0.25) is 10.0 Å². The second-order valence-electron chi connectivity index (χ2n) is 4.40. The van der Waals surface area contributed by atoms with E-state index in [1.165, 1.54) is 0 Å². The number of ether oxygens (including phenoxy) is 1. The molecule has 1 fully saturated rings. The first-order valence-electron chi connectivity index (χ1n) is 5.56. The zero-order valence-corrected chi connectivity index (χ0v) is 11.7. The first-order valence-corrected chi connectivity index (χ1v) is 7.42. The topological polar surface area (TPSA) is 92.7 Å². The number of rotatable bonds is 4. The van der Waals surface area contributed by atoms with Gasteiger partial charge in [-0.15, -0.1) is 0 Å². The minimum Gasteiger partial charge on any atom is -0.480 e. The summed E-state index contributed by atoms with van der Waals surface area (Å²) in [6.45, 7) is -0.163. The maximum Gasteiger partial charge on any atom is 0.327 e. The average Bonchev–Trinajstić information content (AvgIpc) is 2.76. The highest BCUT2D eigenvalue weighted by Gasteiger charge is 2.46. The molecule has 1 aromatic rings. The Labute approximate surface area is 119 Å². The monoisotopic (exact) mass is 323 g/mol. The lowest BCUT2D eigenvalue weighted by atomic mass is 10.0. The van der Waals surface area contributed by atoms with Crippen molar-refractivity contribution in [1.29, 1.82) is 0 Å². The standard InChI is InChI=1S/C11H11ClFNO5S/c12-7-3-8(13)5-9(4-7)20(17,18)14-11(10(15)16)1-2-19-6-11/h3-5,14H,1-2,6H2,(H,15,16). The molecule has 2 N–H and O–H groups in total. The van der Waals surface area contributed by atoms with E-state index in [1.807, 2.05) is 0 Å². The molecular weight excluding hydrogens is 313 g/mol. The van der Waals surface area contributed by atoms with Crippen LogP contribution in [0.25, 0.3) is 0 Å². The molecule has 1 saturated heterocycles. The number of benzene rings is 1. The second-order valence-corrected chi connectivity index (χ2v) is 6.52. The van der Waals surface area contributed by atoms with Gasteiger partial charge in [-0.3, -0.25) is 4.79 Å². The molecule has 0 bridgehead atoms. The summed E-state index contributed by atoms with van der Waals surface area (Å²) >= 11 is 5.60. The first kappa shape index (κ1) is 15.2. The van der Waals surface area contributed by atoms with E-state index < -0.39 is 32.2 Å². The van der Waals surface area contributed by atoms with E-state index in [0.29, 0.717) is 0 Å². The van der Waals surface area contributed by atoms with Crippen molar-refractivity contribution in [2.45, 2.75) is 16.9 Å². The Balaban J connectivity index is 2.38. The van der Waals surface area contributed by atoms with Crippen LogP contribution >= 0.6 is 11.6 Å². The molecule has 0 amide bonds. The SMILES string of the molecule is O=C(O)C1(NS(=O)(=O)c2cc(F)cc(Cl)c2)CCOC1. The van der Waals surface area contributed by atoms with Crippen LogP contribution in [0.2, 0.25) is 5.02 Å². The van der Waals surface area contributed by atoms with E-state index in [9.17, 15) is 22.7 Å². The van der Waals surface area contributed by atoms with Gasteiger partial charge < -0.3 is 9.84 Å². The molecule has 0 radical (unpaired) electrons. The predicted molar refractivity (Wildman–Crippen MR) is 67.5 cm³/mol. The van der Waals surface area contributed by atoms with Gasteiger partial charge in [-0.25, -0.2) is 12.8 Å². The Kier molecular flexibility index (Phi) is 4.01. The molecule has 1 aliphatic heterocycles. The van der Waals surface area contributed by atoms with E-state index in [0.717, 1.165) is 18.2 Å². The molecule has 0 aliphatic carbocycles. The van der Waals surface area contributed by atoms with Crippen molar-refractivity contribution in [2.75, 3.05) is 13.2 Å². The fourth-order valence-corrected chi connectivity index (χ4v) is 3.57. The zero-order chi connectivity index (χ0) is 15.0. The van der Waals surface area contributed by atoms with Crippen molar-refractivity contribution in [1.82, 2.24) is 4.72 Å². The lowest BCUT2D eigenvalue weighted by molar-refractivity contribution is -0.144. The maximum atomic E-state index is 13.2. The summed E-state index contributed by atoms with van der Waals surface area (Å²) in [6.07, 6.45) is -0.00931. The average molecular weight is 324 g/mol. The smallest absolute Gasteiger partial charge is 0.327 e. The van der Waals surface area contributed by atoms with E-state index in [1.54, 1.807) is 0 Å². The second kappa shape index (κ2) is 5.28. The molecule has 1 atom stereocenters. The molecular formula is C11H11ClFNO5S. The lowest BCUT2D eigenvalue weighted by Gasteiger charge is -2.23. The quantitative estimate of drug-likeness (QED) is 0.862. The van der Waals surface area contributed by atoms with Gasteiger partial charge in [-0.2, -0.15) is 4.72 Å². The highest BCUT2D eigenvalue weighted by atomic mass is 35.5. The molecule has 1 heterocycles. The predicted octanol–water partition coefficient (Wildman–Crippen LogP) is 1.00. The molecule has 9 heteroatoms. The molecule has 20 heavy (non-hydrogen) atoms. The van der Waals surface area contributed by atoms with Crippen molar-refractivity contribution in [3.05, 3.63) is 29.0 Å². The Morgan fingerprint density at radius 3 is 2.65 bits per heavy atom. The third-order valence-electron chi connectivity index (χ3n) is 2.91. The maximum absolute atomic E-state index is 13.2. The van der Waals surface area contributed by atoms with Crippen LogP contribution in [0.3, 0.4) is 0 Å². The van der Waals surface area contributed by atoms with Gasteiger partial charge in [0.1, 0.15) is 5.82 Å². The molecule has 0 aromatic heterocycles. The van der Waals surface area contributed by atoms with Gasteiger partial charge in [-0.05, 0) is 18.2 Å². The Morgan fingerprint density at radius 1 is 1.45 bits per heavy atom. The number of carbonyl (C=O) groups is 1. The summed E-state index contributed by atoms with van der Waals surface area (Å²) in [5, 5.41) is 9.08. The number of carboxylic acid groups (broad SMARTS) is 1. The van der Waals surface area contributed by atoms with Gasteiger partial charge in [0.05, 0.1) is 11.5 Å². The Bertz CT molecular complexity index is 622. The number of hydrogen-bond acceptors (Lipinski definition) is 4. The van der Waals surface area contributed by atoms with Crippen LogP contribution in [0.15, 0.2) is 23.1 Å². The van der Waals surface area contributed by atoms with Crippen LogP contribution < -0.4 is 4.72 Å². The normalized spacial score (nSPS) is 22.9. The van der Waals surface area contributed by atoms with E-state index in [4.69, 9.17) is 16.3 Å². The number of halogens is 2. The van der Waals surface area contributed by atoms with Crippen LogP contribution in [0.1, 0.15) is 6.42 Å². The van der Waals surface area contributed by atoms with Crippen LogP contribution in [0.4, 0.5) is 4.39 Å². The van der Waals surface area contributed by atoms with Crippen LogP contribution in [-0.4, -0.2) is 38.2 Å². The third-order valence-corrected chi connectivity index (χ3v) is 4.64. The summed E-state index contributed by atoms with van der Waals surface area (Å²) in [4.78, 5) is 10.8. The largest absolute Gasteiger partial charge is 0.480 e. The minimum absolute atomic E-state index is 0.00931. The summed E-state index contributed by atoms with van der Waals surface area (Å²) in [5.41, 5.74) is -1.74. The van der Waals surface area contributed by atoms with Crippen LogP contribution in [0, 0.1) is 5.82 Å². The Morgan fingerprint density at radius 2 is 2.15 bits per heavy atom. The fourth-order valence-electron chi connectivity index (χ4n) is 1.86. The molecule has 1 unspecified atom stereocenters. The van der Waals surface area contributed by atoms with Crippen molar-refractivity contribution >= 4 is 27.6 Å². The molecule has 6 nitrogen and oxygen atoms in total. The highest BCUT2D eigenvalue weighted by molar-refractivity contribution is 7.89.